The molecule has 0 aliphatic carbocycles. The molecule has 49 heavy (non-hydrogen) atoms. The Bertz CT molecular complexity index is 1080. The fraction of sp³-hybridized carbons (Fsp3) is 0.585. The van der Waals surface area contributed by atoms with Gasteiger partial charge < -0.3 is 23.8 Å². The number of aliphatic carboxylic acids is 1. The molecule has 2 unspecified atom stereocenters. The number of hydrogen-bond acceptors (Lipinski definition) is 6. The molecule has 0 bridgehead atoms. The predicted octanol–water partition coefficient (Wildman–Crippen LogP) is 9.01. The van der Waals surface area contributed by atoms with Crippen molar-refractivity contribution >= 4 is 17.9 Å². The first kappa shape index (κ1) is 45.5. The lowest BCUT2D eigenvalue weighted by Crippen LogP contribution is -2.50. The van der Waals surface area contributed by atoms with Crippen molar-refractivity contribution in [3.63, 3.8) is 0 Å². The molecule has 8 heteroatoms. The summed E-state index contributed by atoms with van der Waals surface area (Å²) in [7, 11) is 5.47. The average Bonchev–Trinajstić information content (AvgIpc) is 3.05. The molecule has 0 aromatic heterocycles. The van der Waals surface area contributed by atoms with Gasteiger partial charge in [0.05, 0.1) is 34.4 Å². The quantitative estimate of drug-likeness (QED) is 0.0265. The zero-order valence-corrected chi connectivity index (χ0v) is 31.1. The first-order valence-corrected chi connectivity index (χ1v) is 18.2. The number of nitrogens with zero attached hydrogens (tertiary/aromatic N) is 1. The van der Waals surface area contributed by atoms with Gasteiger partial charge in [-0.3, -0.25) is 9.59 Å². The third-order valence-corrected chi connectivity index (χ3v) is 7.45. The van der Waals surface area contributed by atoms with Crippen molar-refractivity contribution in [2.24, 2.45) is 0 Å². The molecule has 0 spiro atoms. The standard InChI is InChI=1S/C41H65NO7/c1-6-8-10-12-14-16-17-18-19-20-21-22-23-24-26-28-30-32-40(44)49-37(35-47-34-33-38(41(45)46)42(3,4)5)36-48-39(43)31-29-27-25-15-13-11-9-7-2/h8,10,12,14,16-23,25,27,37-38H,6-7,9,11,13,15,24,26,28-36H2,1-5H3/p+1/b10-8+,14-12+,17-16+,19-18+,21-20+,23-22+,27-25+. The predicted molar refractivity (Wildman–Crippen MR) is 201 cm³/mol. The van der Waals surface area contributed by atoms with Crippen LogP contribution >= 0.6 is 0 Å². The summed E-state index contributed by atoms with van der Waals surface area (Å²) < 4.78 is 17.0. The van der Waals surface area contributed by atoms with Gasteiger partial charge in [0, 0.05) is 19.3 Å². The zero-order valence-electron chi connectivity index (χ0n) is 31.1. The maximum Gasteiger partial charge on any atom is 0.362 e. The molecule has 8 nitrogen and oxygen atoms in total. The summed E-state index contributed by atoms with van der Waals surface area (Å²) in [4.78, 5) is 36.6. The molecule has 2 atom stereocenters. The van der Waals surface area contributed by atoms with Crippen LogP contribution in [0.1, 0.15) is 104 Å². The largest absolute Gasteiger partial charge is 0.477 e. The summed E-state index contributed by atoms with van der Waals surface area (Å²) in [6, 6.07) is -0.630. The Labute approximate surface area is 297 Å². The van der Waals surface area contributed by atoms with Gasteiger partial charge in [-0.05, 0) is 44.9 Å². The van der Waals surface area contributed by atoms with Crippen LogP contribution in [-0.2, 0) is 28.6 Å². The smallest absolute Gasteiger partial charge is 0.362 e. The third kappa shape index (κ3) is 30.3. The molecule has 0 heterocycles. The number of carboxylic acids is 1. The number of rotatable bonds is 30. The number of ether oxygens (including phenoxy) is 3. The van der Waals surface area contributed by atoms with Gasteiger partial charge >= 0.3 is 17.9 Å². The molecular weight excluding hydrogens is 618 g/mol. The summed E-state index contributed by atoms with van der Waals surface area (Å²) in [5.74, 6) is -1.61. The average molecular weight is 685 g/mol. The van der Waals surface area contributed by atoms with E-state index in [4.69, 9.17) is 14.2 Å². The van der Waals surface area contributed by atoms with Crippen LogP contribution in [0.25, 0.3) is 0 Å². The maximum atomic E-state index is 12.6. The lowest BCUT2D eigenvalue weighted by atomic mass is 10.1. The molecule has 0 radical (unpaired) electrons. The van der Waals surface area contributed by atoms with Crippen molar-refractivity contribution < 1.29 is 38.2 Å². The number of likely N-dealkylation sites (N-methyl/N-ethyl adjacent to an activating group) is 1. The van der Waals surface area contributed by atoms with Gasteiger partial charge in [0.1, 0.15) is 6.61 Å². The van der Waals surface area contributed by atoms with E-state index in [-0.39, 0.29) is 49.1 Å². The van der Waals surface area contributed by atoms with E-state index in [1.807, 2.05) is 88.0 Å². The molecule has 0 aromatic rings. The highest BCUT2D eigenvalue weighted by molar-refractivity contribution is 5.72. The fourth-order valence-electron chi connectivity index (χ4n) is 4.61. The molecule has 276 valence electrons. The van der Waals surface area contributed by atoms with E-state index in [1.165, 1.54) is 19.3 Å². The lowest BCUT2D eigenvalue weighted by molar-refractivity contribution is -0.887. The van der Waals surface area contributed by atoms with E-state index in [2.05, 4.69) is 32.1 Å². The Balaban J connectivity index is 4.59. The van der Waals surface area contributed by atoms with Gasteiger partial charge in [-0.1, -0.05) is 125 Å². The van der Waals surface area contributed by atoms with Crippen molar-refractivity contribution in [2.45, 2.75) is 116 Å². The summed E-state index contributed by atoms with van der Waals surface area (Å²) in [6.45, 7) is 4.41. The van der Waals surface area contributed by atoms with Crippen LogP contribution in [0.3, 0.4) is 0 Å². The van der Waals surface area contributed by atoms with Gasteiger partial charge in [0.2, 0.25) is 0 Å². The molecule has 0 saturated carbocycles. The second-order valence-electron chi connectivity index (χ2n) is 12.9. The minimum absolute atomic E-state index is 0.0254. The number of hydrogen-bond donors (Lipinski definition) is 1. The lowest BCUT2D eigenvalue weighted by Gasteiger charge is -2.31. The number of carbonyl (C=O) groups excluding carboxylic acids is 2. The van der Waals surface area contributed by atoms with E-state index in [0.29, 0.717) is 19.3 Å². The van der Waals surface area contributed by atoms with Crippen LogP contribution in [-0.4, -0.2) is 80.6 Å². The van der Waals surface area contributed by atoms with Crippen molar-refractivity contribution in [2.75, 3.05) is 41.0 Å². The monoisotopic (exact) mass is 684 g/mol. The van der Waals surface area contributed by atoms with Crippen LogP contribution in [0.4, 0.5) is 0 Å². The third-order valence-electron chi connectivity index (χ3n) is 7.45. The maximum absolute atomic E-state index is 12.6. The zero-order chi connectivity index (χ0) is 36.4. The molecule has 0 aromatic carbocycles. The SMILES string of the molecule is CC/C=C/C=C/C=C/C=C/C=C/C=C/CCCCCC(=O)OC(COCCC(C(=O)O)[N+](C)(C)C)COC(=O)CC/C=C/CCCCCC. The van der Waals surface area contributed by atoms with E-state index in [9.17, 15) is 19.5 Å². The summed E-state index contributed by atoms with van der Waals surface area (Å²) in [5.41, 5.74) is 0. The number of carbonyl (C=O) groups is 3. The Hall–Kier alpha value is -3.49. The minimum atomic E-state index is -0.893. The van der Waals surface area contributed by atoms with Crippen LogP contribution < -0.4 is 0 Å². The Morgan fingerprint density at radius 1 is 0.633 bits per heavy atom. The topological polar surface area (TPSA) is 99.1 Å². The molecule has 0 rings (SSSR count). The number of allylic oxidation sites excluding steroid dienone is 14. The van der Waals surface area contributed by atoms with Crippen LogP contribution in [0.15, 0.2) is 85.1 Å². The Kier molecular flexibility index (Phi) is 29.5. The van der Waals surface area contributed by atoms with Crippen molar-refractivity contribution in [3.8, 4) is 0 Å². The first-order chi connectivity index (χ1) is 23.6. The Morgan fingerprint density at radius 3 is 1.80 bits per heavy atom. The summed E-state index contributed by atoms with van der Waals surface area (Å²) in [5, 5.41) is 9.56. The van der Waals surface area contributed by atoms with Crippen LogP contribution in [0, 0.1) is 0 Å². The second-order valence-corrected chi connectivity index (χ2v) is 12.9. The van der Waals surface area contributed by atoms with Gasteiger partial charge in [-0.2, -0.15) is 0 Å². The van der Waals surface area contributed by atoms with E-state index >= 15 is 0 Å². The fourth-order valence-corrected chi connectivity index (χ4v) is 4.61. The normalized spacial score (nSPS) is 14.1. The molecule has 0 aliphatic heterocycles. The van der Waals surface area contributed by atoms with Crippen molar-refractivity contribution in [1.82, 2.24) is 0 Å². The number of unbranched alkanes of at least 4 members (excludes halogenated alkanes) is 7. The number of quaternary nitrogens is 1. The van der Waals surface area contributed by atoms with Crippen molar-refractivity contribution in [1.29, 1.82) is 0 Å². The van der Waals surface area contributed by atoms with Crippen LogP contribution in [0.5, 0.6) is 0 Å². The molecule has 1 N–H and O–H groups in total. The molecule has 0 fully saturated rings. The van der Waals surface area contributed by atoms with Gasteiger partial charge in [-0.15, -0.1) is 0 Å². The first-order valence-electron chi connectivity index (χ1n) is 18.2. The highest BCUT2D eigenvalue weighted by Gasteiger charge is 2.31. The highest BCUT2D eigenvalue weighted by atomic mass is 16.6. The molecule has 0 saturated heterocycles. The van der Waals surface area contributed by atoms with Crippen LogP contribution in [0.2, 0.25) is 0 Å². The van der Waals surface area contributed by atoms with Gasteiger partial charge in [0.25, 0.3) is 0 Å². The molecule has 0 amide bonds. The van der Waals surface area contributed by atoms with Gasteiger partial charge in [0.15, 0.2) is 12.1 Å². The second kappa shape index (κ2) is 31.8. The summed E-state index contributed by atoms with van der Waals surface area (Å²) in [6.07, 6.45) is 39.3. The van der Waals surface area contributed by atoms with E-state index < -0.39 is 18.1 Å². The minimum Gasteiger partial charge on any atom is -0.477 e. The van der Waals surface area contributed by atoms with Crippen molar-refractivity contribution in [3.05, 3.63) is 85.1 Å². The summed E-state index contributed by atoms with van der Waals surface area (Å²) >= 11 is 0. The van der Waals surface area contributed by atoms with Gasteiger partial charge in [-0.25, -0.2) is 4.79 Å². The van der Waals surface area contributed by atoms with E-state index in [1.54, 1.807) is 0 Å². The molecular formula is C41H66NO7+. The van der Waals surface area contributed by atoms with E-state index in [0.717, 1.165) is 38.5 Å². The number of carboxylic acid groups (broad SMARTS) is 1. The Morgan fingerprint density at radius 2 is 1.20 bits per heavy atom. The highest BCUT2D eigenvalue weighted by Crippen LogP contribution is 2.11. The number of esters is 2. The molecule has 0 aliphatic rings.